The van der Waals surface area contributed by atoms with Crippen LogP contribution in [0.2, 0.25) is 10.0 Å². The number of anilines is 1. The van der Waals surface area contributed by atoms with Gasteiger partial charge in [-0.25, -0.2) is 4.79 Å². The maximum atomic E-state index is 13.2. The minimum Gasteiger partial charge on any atom is -0.315 e. The molecular formula is C19H19Cl2N7O3. The minimum atomic E-state index is -0.534. The number of nitrogens with zero attached hydrogens (tertiary/aromatic N) is 5. The number of imidazole rings is 1. The van der Waals surface area contributed by atoms with E-state index in [9.17, 15) is 14.4 Å². The van der Waals surface area contributed by atoms with E-state index in [0.29, 0.717) is 27.8 Å². The van der Waals surface area contributed by atoms with Crippen LogP contribution in [0.15, 0.2) is 44.7 Å². The lowest BCUT2D eigenvalue weighted by molar-refractivity contribution is -0.108. The minimum absolute atomic E-state index is 0.0110. The summed E-state index contributed by atoms with van der Waals surface area (Å²) >= 11 is 12.0. The highest BCUT2D eigenvalue weighted by Crippen LogP contribution is 2.23. The standard InChI is InChI=1S/C19H19Cl2N7O3/c1-22-7-6-14(23-10-29)24-18-25-16-15(26(18)2)17(30)28(19(31)27(16)3)9-11-4-5-12(20)13(21)8-11/h4-8,10H,9H2,1-3H3,(H,23,29)(H,24,25). The van der Waals surface area contributed by atoms with Crippen LogP contribution in [0.25, 0.3) is 11.2 Å². The Labute approximate surface area is 186 Å². The van der Waals surface area contributed by atoms with Crippen molar-refractivity contribution in [1.29, 1.82) is 0 Å². The van der Waals surface area contributed by atoms with Gasteiger partial charge in [-0.3, -0.25) is 23.7 Å². The molecule has 0 bridgehead atoms. The summed E-state index contributed by atoms with van der Waals surface area (Å²) < 4.78 is 3.88. The van der Waals surface area contributed by atoms with Crippen molar-refractivity contribution in [2.24, 2.45) is 19.1 Å². The monoisotopic (exact) mass is 463 g/mol. The van der Waals surface area contributed by atoms with Gasteiger partial charge in [-0.15, -0.1) is 0 Å². The highest BCUT2D eigenvalue weighted by atomic mass is 35.5. The summed E-state index contributed by atoms with van der Waals surface area (Å²) in [5, 5.41) is 6.10. The van der Waals surface area contributed by atoms with Crippen LogP contribution in [-0.4, -0.2) is 38.4 Å². The molecule has 0 fully saturated rings. The van der Waals surface area contributed by atoms with Gasteiger partial charge in [0.2, 0.25) is 12.4 Å². The maximum absolute atomic E-state index is 13.2. The van der Waals surface area contributed by atoms with Gasteiger partial charge in [0.05, 0.1) is 16.6 Å². The van der Waals surface area contributed by atoms with Gasteiger partial charge in [0.1, 0.15) is 5.82 Å². The van der Waals surface area contributed by atoms with Crippen LogP contribution < -0.4 is 21.9 Å². The van der Waals surface area contributed by atoms with E-state index in [-0.39, 0.29) is 23.7 Å². The molecular weight excluding hydrogens is 445 g/mol. The summed E-state index contributed by atoms with van der Waals surface area (Å²) in [7, 11) is 4.73. The highest BCUT2D eigenvalue weighted by molar-refractivity contribution is 6.42. The largest absolute Gasteiger partial charge is 0.332 e. The molecule has 0 spiro atoms. The predicted octanol–water partition coefficient (Wildman–Crippen LogP) is 1.49. The Bertz CT molecular complexity index is 1330. The van der Waals surface area contributed by atoms with E-state index in [4.69, 9.17) is 23.2 Å². The van der Waals surface area contributed by atoms with Crippen LogP contribution in [0.3, 0.4) is 0 Å². The molecule has 0 saturated heterocycles. The fourth-order valence-corrected chi connectivity index (χ4v) is 3.29. The Hall–Kier alpha value is -3.37. The lowest BCUT2D eigenvalue weighted by atomic mass is 10.2. The molecule has 1 amide bonds. The number of aliphatic imine (C=N–C) groups is 1. The second kappa shape index (κ2) is 9.19. The molecule has 3 aromatic rings. The van der Waals surface area contributed by atoms with Gasteiger partial charge in [0.25, 0.3) is 5.56 Å². The summed E-state index contributed by atoms with van der Waals surface area (Å²) in [6, 6.07) is 4.90. The first-order valence-electron chi connectivity index (χ1n) is 8.98. The third-order valence-corrected chi connectivity index (χ3v) is 5.27. The van der Waals surface area contributed by atoms with E-state index in [0.717, 1.165) is 4.57 Å². The van der Waals surface area contributed by atoms with Gasteiger partial charge in [-0.05, 0) is 23.8 Å². The molecule has 1 aromatic carbocycles. The number of benzene rings is 1. The first-order chi connectivity index (χ1) is 14.8. The predicted molar refractivity (Wildman–Crippen MR) is 121 cm³/mol. The molecule has 0 atom stereocenters. The third-order valence-electron chi connectivity index (χ3n) is 4.54. The van der Waals surface area contributed by atoms with Crippen molar-refractivity contribution >= 4 is 52.9 Å². The zero-order valence-corrected chi connectivity index (χ0v) is 18.4. The van der Waals surface area contributed by atoms with Crippen LogP contribution in [0, 0.1) is 0 Å². The zero-order chi connectivity index (χ0) is 22.7. The molecule has 2 N–H and O–H groups in total. The molecule has 0 aliphatic heterocycles. The molecule has 3 rings (SSSR count). The number of carbonyl (C=O) groups is 1. The molecule has 0 unspecified atom stereocenters. The highest BCUT2D eigenvalue weighted by Gasteiger charge is 2.19. The molecule has 31 heavy (non-hydrogen) atoms. The summed E-state index contributed by atoms with van der Waals surface area (Å²) in [4.78, 5) is 45.1. The van der Waals surface area contributed by atoms with Gasteiger partial charge in [-0.2, -0.15) is 4.98 Å². The molecule has 10 nitrogen and oxygen atoms in total. The Kier molecular flexibility index (Phi) is 6.62. The van der Waals surface area contributed by atoms with Crippen LogP contribution in [-0.2, 0) is 25.4 Å². The fourth-order valence-electron chi connectivity index (χ4n) is 2.97. The number of hydrogen-bond donors (Lipinski definition) is 2. The Morgan fingerprint density at radius 3 is 2.58 bits per heavy atom. The van der Waals surface area contributed by atoms with Gasteiger partial charge in [0, 0.05) is 27.4 Å². The zero-order valence-electron chi connectivity index (χ0n) is 16.9. The smallest absolute Gasteiger partial charge is 0.315 e. The van der Waals surface area contributed by atoms with Gasteiger partial charge >= 0.3 is 5.69 Å². The van der Waals surface area contributed by atoms with Crippen molar-refractivity contribution in [1.82, 2.24) is 24.0 Å². The molecule has 12 heteroatoms. The normalized spacial score (nSPS) is 12.0. The maximum Gasteiger partial charge on any atom is 0.332 e. The van der Waals surface area contributed by atoms with E-state index in [1.165, 1.54) is 28.5 Å². The average molecular weight is 464 g/mol. The number of halogens is 2. The van der Waals surface area contributed by atoms with E-state index >= 15 is 0 Å². The summed E-state index contributed by atoms with van der Waals surface area (Å²) in [6.07, 6.45) is 3.49. The molecule has 2 aromatic heterocycles. The van der Waals surface area contributed by atoms with Crippen LogP contribution in [0.1, 0.15) is 5.56 Å². The van der Waals surface area contributed by atoms with E-state index < -0.39 is 11.2 Å². The molecule has 2 heterocycles. The van der Waals surface area contributed by atoms with E-state index in [1.807, 2.05) is 0 Å². The summed E-state index contributed by atoms with van der Waals surface area (Å²) in [5.41, 5.74) is -0.00339. The number of aryl methyl sites for hydroxylation is 2. The number of hydrogen-bond acceptors (Lipinski definition) is 6. The first kappa shape index (κ1) is 22.3. The lowest BCUT2D eigenvalue weighted by Crippen LogP contribution is -2.39. The van der Waals surface area contributed by atoms with Crippen molar-refractivity contribution in [3.8, 4) is 0 Å². The summed E-state index contributed by atoms with van der Waals surface area (Å²) in [6.45, 7) is 0.0110. The lowest BCUT2D eigenvalue weighted by Gasteiger charge is -2.10. The van der Waals surface area contributed by atoms with Crippen molar-refractivity contribution in [2.75, 3.05) is 12.4 Å². The molecule has 162 valence electrons. The Morgan fingerprint density at radius 2 is 1.94 bits per heavy atom. The quantitative estimate of drug-likeness (QED) is 0.406. The van der Waals surface area contributed by atoms with Gasteiger partial charge < -0.3 is 15.2 Å². The Morgan fingerprint density at radius 1 is 1.19 bits per heavy atom. The number of nitrogens with one attached hydrogen (secondary N) is 2. The van der Waals surface area contributed by atoms with Crippen molar-refractivity contribution in [2.45, 2.75) is 6.54 Å². The number of carbonyl (C=O) groups excluding carboxylic acids is 1. The first-order valence-corrected chi connectivity index (χ1v) is 9.74. The van der Waals surface area contributed by atoms with Crippen molar-refractivity contribution in [3.05, 3.63) is 66.5 Å². The van der Waals surface area contributed by atoms with Crippen molar-refractivity contribution < 1.29 is 4.79 Å². The van der Waals surface area contributed by atoms with Crippen LogP contribution in [0.4, 0.5) is 5.95 Å². The SMILES string of the molecule is CN=CC=C(NC=O)Nc1nc2c(c(=O)n(Cc3ccc(Cl)c(Cl)c3)c(=O)n2C)n1C. The number of amides is 1. The fraction of sp³-hybridized carbons (Fsp3) is 0.211. The molecule has 0 radical (unpaired) electrons. The molecule has 0 aliphatic rings. The van der Waals surface area contributed by atoms with Crippen molar-refractivity contribution in [3.63, 3.8) is 0 Å². The molecule has 0 aliphatic carbocycles. The number of fused-ring (bicyclic) bond motifs is 1. The third kappa shape index (κ3) is 4.39. The number of allylic oxidation sites excluding steroid dienone is 1. The van der Waals surface area contributed by atoms with E-state index in [2.05, 4.69) is 20.6 Å². The second-order valence-corrected chi connectivity index (χ2v) is 7.34. The number of rotatable bonds is 7. The second-order valence-electron chi connectivity index (χ2n) is 6.52. The summed E-state index contributed by atoms with van der Waals surface area (Å²) in [5.74, 6) is 0.541. The van der Waals surface area contributed by atoms with E-state index in [1.54, 1.807) is 32.3 Å². The van der Waals surface area contributed by atoms with Gasteiger partial charge in [-0.1, -0.05) is 29.3 Å². The Balaban J connectivity index is 2.13. The van der Waals surface area contributed by atoms with Crippen LogP contribution >= 0.6 is 23.2 Å². The van der Waals surface area contributed by atoms with Gasteiger partial charge in [0.15, 0.2) is 11.2 Å². The topological polar surface area (TPSA) is 115 Å². The van der Waals surface area contributed by atoms with Crippen LogP contribution in [0.5, 0.6) is 0 Å². The average Bonchev–Trinajstić information content (AvgIpc) is 3.07. The number of aromatic nitrogens is 4. The molecule has 0 saturated carbocycles.